The number of hydrogen-bond donors (Lipinski definition) is 1. The van der Waals surface area contributed by atoms with Gasteiger partial charge < -0.3 is 10.1 Å². The largest absolute Gasteiger partial charge is 0.465 e. The zero-order valence-corrected chi connectivity index (χ0v) is 17.6. The quantitative estimate of drug-likeness (QED) is 0.703. The number of ether oxygens (including phenoxy) is 1. The lowest BCUT2D eigenvalue weighted by Crippen LogP contribution is -2.40. The van der Waals surface area contributed by atoms with Crippen LogP contribution >= 0.6 is 0 Å². The van der Waals surface area contributed by atoms with E-state index < -0.39 is 5.41 Å². The van der Waals surface area contributed by atoms with Gasteiger partial charge in [0, 0.05) is 18.8 Å². The fraction of sp³-hybridized carbons (Fsp3) is 0.440. The van der Waals surface area contributed by atoms with Crippen LogP contribution in [0.4, 0.5) is 5.69 Å². The third kappa shape index (κ3) is 4.57. The molecule has 5 heteroatoms. The first-order valence-electron chi connectivity index (χ1n) is 11.0. The Labute approximate surface area is 178 Å². The highest BCUT2D eigenvalue weighted by Crippen LogP contribution is 2.49. The van der Waals surface area contributed by atoms with E-state index >= 15 is 0 Å². The van der Waals surface area contributed by atoms with E-state index in [2.05, 4.69) is 34.5 Å². The first kappa shape index (κ1) is 20.6. The zero-order valence-electron chi connectivity index (χ0n) is 17.6. The standard InChI is InChI=1S/C25H30N2O3/c1-2-30-24(29)25(14-15-25)21-10-12-22(13-11-21)26-23(28)20-9-6-16-27(18-20)17-19-7-4-3-5-8-19/h3-5,7-8,10-13,20H,2,6,9,14-18H2,1H3,(H,26,28)/t20-/m0/s1. The molecule has 1 aliphatic carbocycles. The number of hydrogen-bond acceptors (Lipinski definition) is 4. The summed E-state index contributed by atoms with van der Waals surface area (Å²) in [4.78, 5) is 27.5. The molecule has 1 heterocycles. The van der Waals surface area contributed by atoms with Crippen LogP contribution in [0.5, 0.6) is 0 Å². The van der Waals surface area contributed by atoms with Crippen molar-refractivity contribution in [2.24, 2.45) is 5.92 Å². The molecule has 0 unspecified atom stereocenters. The lowest BCUT2D eigenvalue weighted by Gasteiger charge is -2.32. The molecule has 2 aromatic rings. The van der Waals surface area contributed by atoms with E-state index in [1.165, 1.54) is 5.56 Å². The molecule has 0 radical (unpaired) electrons. The number of nitrogens with one attached hydrogen (secondary N) is 1. The Morgan fingerprint density at radius 2 is 1.83 bits per heavy atom. The van der Waals surface area contributed by atoms with E-state index in [1.54, 1.807) is 0 Å². The summed E-state index contributed by atoms with van der Waals surface area (Å²) in [5.74, 6) is -0.0639. The molecule has 4 rings (SSSR count). The first-order chi connectivity index (χ1) is 14.6. The molecule has 158 valence electrons. The Hall–Kier alpha value is -2.66. The Balaban J connectivity index is 1.34. The van der Waals surface area contributed by atoms with Gasteiger partial charge in [0.25, 0.3) is 0 Å². The monoisotopic (exact) mass is 406 g/mol. The highest BCUT2D eigenvalue weighted by Gasteiger charge is 2.52. The Kier molecular flexibility index (Phi) is 6.18. The normalized spacial score (nSPS) is 20.4. The number of carbonyl (C=O) groups excluding carboxylic acids is 2. The van der Waals surface area contributed by atoms with Crippen LogP contribution in [0.15, 0.2) is 54.6 Å². The van der Waals surface area contributed by atoms with Crippen LogP contribution in [0.3, 0.4) is 0 Å². The second kappa shape index (κ2) is 9.00. The van der Waals surface area contributed by atoms with Gasteiger partial charge in [0.15, 0.2) is 0 Å². The zero-order chi connectivity index (χ0) is 21.0. The van der Waals surface area contributed by atoms with E-state index in [9.17, 15) is 9.59 Å². The van der Waals surface area contributed by atoms with E-state index in [-0.39, 0.29) is 17.8 Å². The molecule has 0 bridgehead atoms. The predicted molar refractivity (Wildman–Crippen MR) is 117 cm³/mol. The highest BCUT2D eigenvalue weighted by atomic mass is 16.5. The molecule has 1 N–H and O–H groups in total. The number of anilines is 1. The molecular weight excluding hydrogens is 376 g/mol. The second-order valence-corrected chi connectivity index (χ2v) is 8.43. The summed E-state index contributed by atoms with van der Waals surface area (Å²) >= 11 is 0. The minimum absolute atomic E-state index is 0.00329. The summed E-state index contributed by atoms with van der Waals surface area (Å²) in [6.45, 7) is 4.93. The fourth-order valence-corrected chi connectivity index (χ4v) is 4.38. The predicted octanol–water partition coefficient (Wildman–Crippen LogP) is 4.13. The van der Waals surface area contributed by atoms with Gasteiger partial charge in [-0.25, -0.2) is 0 Å². The number of amides is 1. The number of benzene rings is 2. The Bertz CT molecular complexity index is 875. The average molecular weight is 407 g/mol. The molecule has 1 atom stereocenters. The molecule has 1 amide bonds. The van der Waals surface area contributed by atoms with Gasteiger partial charge in [-0.05, 0) is 62.4 Å². The SMILES string of the molecule is CCOC(=O)C1(c2ccc(NC(=O)[C@H]3CCCN(Cc4ccccc4)C3)cc2)CC1. The number of piperidine rings is 1. The van der Waals surface area contributed by atoms with Crippen molar-refractivity contribution in [1.82, 2.24) is 4.90 Å². The molecule has 0 aromatic heterocycles. The maximum atomic E-state index is 12.8. The van der Waals surface area contributed by atoms with Crippen LogP contribution in [0.1, 0.15) is 43.7 Å². The summed E-state index contributed by atoms with van der Waals surface area (Å²) in [7, 11) is 0. The minimum Gasteiger partial charge on any atom is -0.465 e. The molecule has 2 aromatic carbocycles. The Morgan fingerprint density at radius 1 is 1.10 bits per heavy atom. The number of nitrogens with zero attached hydrogens (tertiary/aromatic N) is 1. The summed E-state index contributed by atoms with van der Waals surface area (Å²) in [6.07, 6.45) is 3.61. The highest BCUT2D eigenvalue weighted by molar-refractivity contribution is 5.93. The summed E-state index contributed by atoms with van der Waals surface area (Å²) in [5, 5.41) is 3.07. The van der Waals surface area contributed by atoms with Crippen molar-refractivity contribution in [2.45, 2.75) is 44.6 Å². The van der Waals surface area contributed by atoms with Crippen LogP contribution in [0.25, 0.3) is 0 Å². The molecule has 0 spiro atoms. The molecule has 1 saturated heterocycles. The molecule has 1 saturated carbocycles. The van der Waals surface area contributed by atoms with Gasteiger partial charge in [0.2, 0.25) is 5.91 Å². The number of carbonyl (C=O) groups is 2. The summed E-state index contributed by atoms with van der Waals surface area (Å²) in [5.41, 5.74) is 2.57. The fourth-order valence-electron chi connectivity index (χ4n) is 4.38. The van der Waals surface area contributed by atoms with Crippen LogP contribution in [0, 0.1) is 5.92 Å². The van der Waals surface area contributed by atoms with Crippen molar-refractivity contribution >= 4 is 17.6 Å². The molecule has 2 aliphatic rings. The lowest BCUT2D eigenvalue weighted by molar-refractivity contribution is -0.146. The second-order valence-electron chi connectivity index (χ2n) is 8.43. The minimum atomic E-state index is -0.472. The van der Waals surface area contributed by atoms with Gasteiger partial charge >= 0.3 is 5.97 Å². The van der Waals surface area contributed by atoms with Gasteiger partial charge in [-0.3, -0.25) is 14.5 Å². The molecule has 1 aliphatic heterocycles. The Morgan fingerprint density at radius 3 is 2.50 bits per heavy atom. The van der Waals surface area contributed by atoms with Gasteiger partial charge in [0.05, 0.1) is 17.9 Å². The number of rotatable bonds is 7. The lowest BCUT2D eigenvalue weighted by atomic mass is 9.95. The van der Waals surface area contributed by atoms with Crippen LogP contribution in [-0.4, -0.2) is 36.5 Å². The van der Waals surface area contributed by atoms with Crippen molar-refractivity contribution in [3.8, 4) is 0 Å². The third-order valence-corrected chi connectivity index (χ3v) is 6.25. The molecule has 5 nitrogen and oxygen atoms in total. The topological polar surface area (TPSA) is 58.6 Å². The van der Waals surface area contributed by atoms with Gasteiger partial charge in [0.1, 0.15) is 0 Å². The van der Waals surface area contributed by atoms with Crippen LogP contribution in [-0.2, 0) is 26.3 Å². The van der Waals surface area contributed by atoms with Gasteiger partial charge in [-0.15, -0.1) is 0 Å². The maximum Gasteiger partial charge on any atom is 0.316 e. The molecule has 30 heavy (non-hydrogen) atoms. The van der Waals surface area contributed by atoms with Crippen molar-refractivity contribution in [3.05, 3.63) is 65.7 Å². The van der Waals surface area contributed by atoms with Crippen LogP contribution in [0.2, 0.25) is 0 Å². The van der Waals surface area contributed by atoms with E-state index in [0.29, 0.717) is 6.61 Å². The van der Waals surface area contributed by atoms with Crippen LogP contribution < -0.4 is 5.32 Å². The van der Waals surface area contributed by atoms with E-state index in [0.717, 1.165) is 56.6 Å². The number of likely N-dealkylation sites (tertiary alicyclic amines) is 1. The van der Waals surface area contributed by atoms with Gasteiger partial charge in [-0.2, -0.15) is 0 Å². The van der Waals surface area contributed by atoms with Gasteiger partial charge in [-0.1, -0.05) is 42.5 Å². The number of esters is 1. The van der Waals surface area contributed by atoms with Crippen molar-refractivity contribution in [2.75, 3.05) is 25.0 Å². The third-order valence-electron chi connectivity index (χ3n) is 6.25. The van der Waals surface area contributed by atoms with Crippen molar-refractivity contribution in [1.29, 1.82) is 0 Å². The molecule has 2 fully saturated rings. The summed E-state index contributed by atoms with van der Waals surface area (Å²) < 4.78 is 5.24. The molecular formula is C25H30N2O3. The first-order valence-corrected chi connectivity index (χ1v) is 11.0. The van der Waals surface area contributed by atoms with E-state index in [1.807, 2.05) is 37.3 Å². The van der Waals surface area contributed by atoms with E-state index in [4.69, 9.17) is 4.74 Å². The van der Waals surface area contributed by atoms with Crippen molar-refractivity contribution < 1.29 is 14.3 Å². The maximum absolute atomic E-state index is 12.8. The summed E-state index contributed by atoms with van der Waals surface area (Å²) in [6, 6.07) is 18.1. The van der Waals surface area contributed by atoms with Crippen molar-refractivity contribution in [3.63, 3.8) is 0 Å². The smallest absolute Gasteiger partial charge is 0.316 e. The average Bonchev–Trinajstić information content (AvgIpc) is 3.58.